The minimum Gasteiger partial charge on any atom is -0.494 e. The smallest absolute Gasteiger partial charge is 0.330 e. The van der Waals surface area contributed by atoms with Crippen LogP contribution in [0, 0.1) is 5.82 Å². The van der Waals surface area contributed by atoms with Crippen molar-refractivity contribution in [3.8, 4) is 33.8 Å². The summed E-state index contributed by atoms with van der Waals surface area (Å²) in [6.07, 6.45) is 4.15. The van der Waals surface area contributed by atoms with E-state index in [9.17, 15) is 17.9 Å². The van der Waals surface area contributed by atoms with Crippen molar-refractivity contribution in [2.75, 3.05) is 10.9 Å². The lowest BCUT2D eigenvalue weighted by Crippen LogP contribution is -2.29. The molecule has 0 spiro atoms. The van der Waals surface area contributed by atoms with Crippen molar-refractivity contribution in [1.29, 1.82) is 0 Å². The first-order valence-electron chi connectivity index (χ1n) is 14.0. The normalized spacial score (nSPS) is 13.9. The summed E-state index contributed by atoms with van der Waals surface area (Å²) in [7, 11) is -3.98. The summed E-state index contributed by atoms with van der Waals surface area (Å²) >= 11 is 12.7. The molecule has 1 aliphatic heterocycles. The van der Waals surface area contributed by atoms with E-state index >= 15 is 0 Å². The molecule has 1 aromatic heterocycles. The van der Waals surface area contributed by atoms with Crippen LogP contribution in [0.1, 0.15) is 24.7 Å². The van der Waals surface area contributed by atoms with E-state index < -0.39 is 16.1 Å². The molecule has 0 atom stereocenters. The Balaban J connectivity index is 1.37. The van der Waals surface area contributed by atoms with E-state index in [1.165, 1.54) is 6.07 Å². The summed E-state index contributed by atoms with van der Waals surface area (Å²) in [6, 6.07) is 24.2. The highest BCUT2D eigenvalue weighted by atomic mass is 35.5. The van der Waals surface area contributed by atoms with Gasteiger partial charge in [0.15, 0.2) is 0 Å². The average Bonchev–Trinajstić information content (AvgIpc) is 3.55. The monoisotopic (exact) mass is 664 g/mol. The Kier molecular flexibility index (Phi) is 8.46. The number of benzene rings is 4. The predicted molar refractivity (Wildman–Crippen MR) is 175 cm³/mol. The van der Waals surface area contributed by atoms with E-state index in [0.29, 0.717) is 68.4 Å². The van der Waals surface area contributed by atoms with Gasteiger partial charge >= 0.3 is 10.2 Å². The van der Waals surface area contributed by atoms with E-state index in [4.69, 9.17) is 32.9 Å². The molecule has 12 heteroatoms. The highest BCUT2D eigenvalue weighted by molar-refractivity contribution is 7.91. The summed E-state index contributed by atoms with van der Waals surface area (Å²) in [5.41, 5.74) is 4.27. The van der Waals surface area contributed by atoms with Crippen LogP contribution in [-0.4, -0.2) is 29.7 Å². The van der Waals surface area contributed by atoms with Gasteiger partial charge in [-0.3, -0.25) is 0 Å². The Morgan fingerprint density at radius 1 is 0.956 bits per heavy atom. The SMILES string of the molecule is CCCOc1ccc(F)c(-c2ccc(Cc3nc(-c4ccc(Cl)cc4Cl)cn3-c3cccc(N4C=C(O)NS4(=O)=O)c3)cc2)c1. The average molecular weight is 666 g/mol. The molecule has 0 fully saturated rings. The van der Waals surface area contributed by atoms with Crippen LogP contribution in [0.25, 0.3) is 28.1 Å². The second kappa shape index (κ2) is 12.5. The number of nitrogens with one attached hydrogen (secondary N) is 1. The Bertz CT molecular complexity index is 2030. The molecule has 2 N–H and O–H groups in total. The molecule has 5 aromatic rings. The maximum absolute atomic E-state index is 14.8. The Hall–Kier alpha value is -4.51. The molecule has 230 valence electrons. The maximum Gasteiger partial charge on any atom is 0.330 e. The standard InChI is InChI=1S/C33H27Cl2FN4O4S/c1-2-14-44-26-11-13-30(36)28(18-26)22-8-6-21(7-9-22)15-32-37-31(27-12-10-23(34)16-29(27)35)19-39(32)24-4-3-5-25(17-24)40-20-33(41)38-45(40,42)43/h3-13,16-20,38,41H,2,14-15H2,1H3. The van der Waals surface area contributed by atoms with Gasteiger partial charge < -0.3 is 14.4 Å². The third-order valence-electron chi connectivity index (χ3n) is 7.12. The molecule has 0 amide bonds. The quantitative estimate of drug-likeness (QED) is 0.166. The Labute approximate surface area is 270 Å². The summed E-state index contributed by atoms with van der Waals surface area (Å²) in [5, 5.41) is 10.7. The van der Waals surface area contributed by atoms with E-state index in [2.05, 4.69) is 4.72 Å². The van der Waals surface area contributed by atoms with Crippen LogP contribution in [0.4, 0.5) is 10.1 Å². The number of halogens is 3. The van der Waals surface area contributed by atoms with Gasteiger partial charge in [0.25, 0.3) is 0 Å². The number of ether oxygens (including phenoxy) is 1. The van der Waals surface area contributed by atoms with Crippen molar-refractivity contribution in [3.05, 3.63) is 130 Å². The van der Waals surface area contributed by atoms with Gasteiger partial charge in [-0.1, -0.05) is 60.5 Å². The molecule has 45 heavy (non-hydrogen) atoms. The lowest BCUT2D eigenvalue weighted by Gasteiger charge is -2.16. The lowest BCUT2D eigenvalue weighted by molar-refractivity contribution is 0.317. The Morgan fingerprint density at radius 2 is 1.73 bits per heavy atom. The van der Waals surface area contributed by atoms with Crippen molar-refractivity contribution >= 4 is 39.1 Å². The first-order chi connectivity index (χ1) is 21.6. The van der Waals surface area contributed by atoms with Gasteiger partial charge in [-0.25, -0.2) is 18.4 Å². The van der Waals surface area contributed by atoms with E-state index in [1.54, 1.807) is 48.5 Å². The van der Waals surface area contributed by atoms with Gasteiger partial charge in [0, 0.05) is 34.5 Å². The number of aliphatic hydroxyl groups excluding tert-OH is 1. The van der Waals surface area contributed by atoms with Crippen LogP contribution < -0.4 is 13.8 Å². The minimum atomic E-state index is -3.98. The fourth-order valence-corrected chi connectivity index (χ4v) is 6.55. The molecule has 1 aliphatic rings. The van der Waals surface area contributed by atoms with Crippen molar-refractivity contribution in [2.24, 2.45) is 0 Å². The molecular formula is C33H27Cl2FN4O4S. The molecular weight excluding hydrogens is 638 g/mol. The first-order valence-corrected chi connectivity index (χ1v) is 16.2. The van der Waals surface area contributed by atoms with Crippen LogP contribution in [-0.2, 0) is 16.6 Å². The summed E-state index contributed by atoms with van der Waals surface area (Å²) in [4.78, 5) is 4.91. The number of nitrogens with zero attached hydrogens (tertiary/aromatic N) is 3. The topological polar surface area (TPSA) is 96.7 Å². The molecule has 4 aromatic carbocycles. The highest BCUT2D eigenvalue weighted by Gasteiger charge is 2.29. The second-order valence-corrected chi connectivity index (χ2v) is 12.7. The van der Waals surface area contributed by atoms with Gasteiger partial charge in [0.1, 0.15) is 17.4 Å². The number of hydrogen-bond donors (Lipinski definition) is 2. The predicted octanol–water partition coefficient (Wildman–Crippen LogP) is 8.04. The number of aliphatic hydroxyl groups is 1. The molecule has 0 bridgehead atoms. The molecule has 0 saturated heterocycles. The molecule has 0 radical (unpaired) electrons. The molecule has 2 heterocycles. The summed E-state index contributed by atoms with van der Waals surface area (Å²) in [6.45, 7) is 2.56. The molecule has 6 rings (SSSR count). The number of anilines is 1. The summed E-state index contributed by atoms with van der Waals surface area (Å²) in [5.74, 6) is 0.429. The largest absolute Gasteiger partial charge is 0.494 e. The summed E-state index contributed by atoms with van der Waals surface area (Å²) < 4.78 is 50.4. The van der Waals surface area contributed by atoms with E-state index in [1.807, 2.05) is 48.0 Å². The molecule has 0 unspecified atom stereocenters. The number of aromatic nitrogens is 2. The number of hydrogen-bond acceptors (Lipinski definition) is 5. The molecule has 8 nitrogen and oxygen atoms in total. The third kappa shape index (κ3) is 6.49. The van der Waals surface area contributed by atoms with Gasteiger partial charge in [0.05, 0.1) is 29.2 Å². The van der Waals surface area contributed by atoms with Gasteiger partial charge in [-0.2, -0.15) is 8.42 Å². The van der Waals surface area contributed by atoms with Gasteiger partial charge in [-0.15, -0.1) is 0 Å². The molecule has 0 aliphatic carbocycles. The number of rotatable bonds is 9. The van der Waals surface area contributed by atoms with Crippen LogP contribution in [0.2, 0.25) is 10.0 Å². The second-order valence-electron chi connectivity index (χ2n) is 10.3. The van der Waals surface area contributed by atoms with Crippen LogP contribution >= 0.6 is 23.2 Å². The zero-order valence-corrected chi connectivity index (χ0v) is 26.2. The van der Waals surface area contributed by atoms with Crippen LogP contribution in [0.3, 0.4) is 0 Å². The molecule has 0 saturated carbocycles. The van der Waals surface area contributed by atoms with E-state index in [-0.39, 0.29) is 5.82 Å². The maximum atomic E-state index is 14.8. The number of imidazole rings is 1. The zero-order valence-electron chi connectivity index (χ0n) is 23.9. The fraction of sp³-hybridized carbons (Fsp3) is 0.121. The first kappa shape index (κ1) is 30.5. The highest BCUT2D eigenvalue weighted by Crippen LogP contribution is 2.33. The lowest BCUT2D eigenvalue weighted by atomic mass is 10.0. The van der Waals surface area contributed by atoms with Gasteiger partial charge in [-0.05, 0) is 72.1 Å². The third-order valence-corrected chi connectivity index (χ3v) is 8.97. The van der Waals surface area contributed by atoms with Crippen LogP contribution in [0.15, 0.2) is 103 Å². The van der Waals surface area contributed by atoms with Crippen molar-refractivity contribution in [3.63, 3.8) is 0 Å². The van der Waals surface area contributed by atoms with Crippen molar-refractivity contribution in [2.45, 2.75) is 19.8 Å². The van der Waals surface area contributed by atoms with Crippen LogP contribution in [0.5, 0.6) is 5.75 Å². The van der Waals surface area contributed by atoms with E-state index in [0.717, 1.165) is 22.5 Å². The minimum absolute atomic E-state index is 0.311. The Morgan fingerprint density at radius 3 is 2.44 bits per heavy atom. The van der Waals surface area contributed by atoms with Crippen molar-refractivity contribution < 1.29 is 22.7 Å². The van der Waals surface area contributed by atoms with Gasteiger partial charge in [0.2, 0.25) is 5.88 Å². The fourth-order valence-electron chi connectivity index (χ4n) is 5.00. The van der Waals surface area contributed by atoms with Crippen molar-refractivity contribution in [1.82, 2.24) is 14.3 Å². The zero-order chi connectivity index (χ0) is 31.7.